The maximum Gasteiger partial charge on any atom is 0.407 e. The molecule has 738 valence electrons. The Morgan fingerprint density at radius 1 is 0.344 bits per heavy atom. The van der Waals surface area contributed by atoms with Gasteiger partial charge in [0.15, 0.2) is 19.7 Å². The van der Waals surface area contributed by atoms with Crippen LogP contribution in [0.15, 0.2) is 60.4 Å². The molecule has 0 aromatic heterocycles. The normalized spacial score (nSPS) is 15.9. The van der Waals surface area contributed by atoms with E-state index in [1.165, 1.54) is 6.92 Å². The highest BCUT2D eigenvalue weighted by Crippen LogP contribution is 2.38. The summed E-state index contributed by atoms with van der Waals surface area (Å²) in [6, 6.07) is 11.7. The Kier molecular flexibility index (Phi) is 54.1. The number of ether oxygens (including phenoxy) is 8. The minimum Gasteiger partial charge on any atom is -0.481 e. The van der Waals surface area contributed by atoms with Crippen molar-refractivity contribution in [3.05, 3.63) is 93.8 Å². The average molecular weight is 1900 g/mol. The third kappa shape index (κ3) is 48.9. The van der Waals surface area contributed by atoms with Crippen LogP contribution in [0, 0.1) is 41.4 Å². The standard InChI is InChI=1S/C87H136N10O32S2/c1-7-130(118,119)45-43-128-86(116)92-21-35-126-41-39-124-33-19-90-80(106)72(47-60(3)79(105)89-18-32-123-38-37-122-31-17-88-75(98)56-94-23-25-95(57-76(99)100)27-29-97(59-78(103)104)30-28-96(26-24-94)58-77(101)102)54-73(81(107)91-20-34-125-40-42-127-36-22-93-87(117)129-44-46-131(120,121)8-2)55-74(85(114)115)53-71(50-63(6)84(112)113)69-16-12-65-9-13-66-51-68(15-11-64(66)10-14-67(65)52-69)70(48-61(4)82(108)109)49-62(5)83(110)111/h7-8,11-12,15-16,51-52,60-63,70-74H,1-2,9-10,13-14,17-50,53-59H2,3-6H3,(H,88,98)(H,89,105)(H,90,106)(H,91,107)(H,92,116)(H,93,117)(H,99,100)(H,101,102)(H,103,104)(H,108,109)(H,110,111)(H,112,113)(H,114,115). The lowest BCUT2D eigenvalue weighted by molar-refractivity contribution is -0.144. The van der Waals surface area contributed by atoms with Gasteiger partial charge in [0.05, 0.1) is 141 Å². The van der Waals surface area contributed by atoms with E-state index in [0.717, 1.165) is 38.6 Å². The number of nitrogens with one attached hydrogen (secondary N) is 6. The van der Waals surface area contributed by atoms with Crippen LogP contribution in [0.5, 0.6) is 0 Å². The molecule has 1 saturated heterocycles. The Balaban J connectivity index is 1.54. The van der Waals surface area contributed by atoms with E-state index in [9.17, 15) is 115 Å². The highest BCUT2D eigenvalue weighted by atomic mass is 32.2. The lowest BCUT2D eigenvalue weighted by Crippen LogP contribution is -2.50. The Bertz CT molecular complexity index is 4170. The zero-order chi connectivity index (χ0) is 96.9. The molecule has 2 aromatic rings. The van der Waals surface area contributed by atoms with Crippen molar-refractivity contribution in [3.63, 3.8) is 0 Å². The molecule has 0 radical (unpaired) electrons. The van der Waals surface area contributed by atoms with Crippen molar-refractivity contribution in [2.75, 3.05) is 222 Å². The Labute approximate surface area is 765 Å². The molecule has 42 nitrogen and oxygen atoms in total. The molecule has 1 aliphatic carbocycles. The van der Waals surface area contributed by atoms with Crippen LogP contribution in [0.2, 0.25) is 0 Å². The number of aliphatic carboxylic acids is 7. The number of rotatable bonds is 66. The van der Waals surface area contributed by atoms with E-state index in [4.69, 9.17) is 37.9 Å². The summed E-state index contributed by atoms with van der Waals surface area (Å²) in [4.78, 5) is 173. The smallest absolute Gasteiger partial charge is 0.407 e. The molecule has 6 amide bonds. The molecule has 1 aliphatic heterocycles. The Morgan fingerprint density at radius 2 is 0.641 bits per heavy atom. The number of benzene rings is 2. The number of carbonyl (C=O) groups excluding carboxylic acids is 6. The van der Waals surface area contributed by atoms with Crippen molar-refractivity contribution >= 4 is 97.3 Å². The molecule has 0 bridgehead atoms. The number of carboxylic acid groups (broad SMARTS) is 7. The highest BCUT2D eigenvalue weighted by Gasteiger charge is 2.37. The van der Waals surface area contributed by atoms with Crippen molar-refractivity contribution in [2.45, 2.75) is 110 Å². The van der Waals surface area contributed by atoms with Gasteiger partial charge >= 0.3 is 54.0 Å². The van der Waals surface area contributed by atoms with Crippen molar-refractivity contribution < 1.29 is 153 Å². The van der Waals surface area contributed by atoms with Gasteiger partial charge in [-0.1, -0.05) is 77.3 Å². The largest absolute Gasteiger partial charge is 0.481 e. The highest BCUT2D eigenvalue weighted by molar-refractivity contribution is 7.94. The quantitative estimate of drug-likeness (QED) is 0.0420. The van der Waals surface area contributed by atoms with Crippen molar-refractivity contribution in [3.8, 4) is 0 Å². The first-order valence-electron chi connectivity index (χ1n) is 44.0. The van der Waals surface area contributed by atoms with Gasteiger partial charge < -0.3 is 106 Å². The number of alkyl carbamates (subject to hydrolysis) is 2. The molecule has 0 saturated carbocycles. The zero-order valence-electron chi connectivity index (χ0n) is 75.5. The Hall–Kier alpha value is -9.87. The van der Waals surface area contributed by atoms with Gasteiger partial charge in [-0.15, -0.1) is 0 Å². The molecule has 44 heteroatoms. The fourth-order valence-corrected chi connectivity index (χ4v) is 15.8. The van der Waals surface area contributed by atoms with E-state index in [-0.39, 0.29) is 254 Å². The number of amides is 6. The molecular formula is C87H136N10O32S2. The summed E-state index contributed by atoms with van der Waals surface area (Å²) in [7, 11) is -7.18. The molecule has 4 rings (SSSR count). The molecule has 1 heterocycles. The molecule has 8 atom stereocenters. The number of carboxylic acids is 7. The van der Waals surface area contributed by atoms with Gasteiger partial charge in [-0.25, -0.2) is 26.4 Å². The lowest BCUT2D eigenvalue weighted by atomic mass is 9.76. The number of hydrogen-bond donors (Lipinski definition) is 13. The number of nitrogens with zero attached hydrogens (tertiary/aromatic N) is 4. The van der Waals surface area contributed by atoms with E-state index >= 15 is 0 Å². The molecule has 13 N–H and O–H groups in total. The van der Waals surface area contributed by atoms with E-state index in [2.05, 4.69) is 45.1 Å². The third-order valence-electron chi connectivity index (χ3n) is 22.2. The molecule has 2 aliphatic rings. The minimum atomic E-state index is -3.59. The molecule has 0 spiro atoms. The predicted octanol–water partition coefficient (Wildman–Crippen LogP) is 1.81. The van der Waals surface area contributed by atoms with Crippen LogP contribution < -0.4 is 31.9 Å². The molecular weight excluding hydrogens is 1760 g/mol. The van der Waals surface area contributed by atoms with Crippen molar-refractivity contribution in [1.29, 1.82) is 0 Å². The van der Waals surface area contributed by atoms with E-state index in [1.807, 2.05) is 36.4 Å². The number of sulfone groups is 2. The molecule has 2 aromatic carbocycles. The number of fused-ring (bicyclic) bond motifs is 2. The van der Waals surface area contributed by atoms with Crippen LogP contribution in [0.1, 0.15) is 118 Å². The first kappa shape index (κ1) is 113. The van der Waals surface area contributed by atoms with Crippen LogP contribution in [-0.4, -0.2) is 372 Å². The molecule has 1 fully saturated rings. The first-order chi connectivity index (χ1) is 62.3. The van der Waals surface area contributed by atoms with Crippen LogP contribution >= 0.6 is 0 Å². The van der Waals surface area contributed by atoms with Gasteiger partial charge in [-0.05, 0) is 116 Å². The Morgan fingerprint density at radius 3 is 0.969 bits per heavy atom. The second-order valence-corrected chi connectivity index (χ2v) is 36.7. The van der Waals surface area contributed by atoms with Gasteiger partial charge in [0, 0.05) is 120 Å². The summed E-state index contributed by atoms with van der Waals surface area (Å²) in [6.45, 7) is 12.6. The maximum atomic E-state index is 14.9. The third-order valence-corrected chi connectivity index (χ3v) is 24.7. The predicted molar refractivity (Wildman–Crippen MR) is 475 cm³/mol. The van der Waals surface area contributed by atoms with Gasteiger partial charge in [-0.3, -0.25) is 72.3 Å². The van der Waals surface area contributed by atoms with Crippen molar-refractivity contribution in [1.82, 2.24) is 51.5 Å². The van der Waals surface area contributed by atoms with Crippen LogP contribution in [-0.2, 0) is 136 Å². The average Bonchev–Trinajstić information content (AvgIpc) is 0.803. The van der Waals surface area contributed by atoms with Gasteiger partial charge in [0.1, 0.15) is 13.2 Å². The fourth-order valence-electron chi connectivity index (χ4n) is 14.8. The summed E-state index contributed by atoms with van der Waals surface area (Å²) >= 11 is 0. The topological polar surface area (TPSA) is 591 Å². The maximum absolute atomic E-state index is 14.9. The lowest BCUT2D eigenvalue weighted by Gasteiger charge is -2.32. The first-order valence-corrected chi connectivity index (χ1v) is 47.5. The second kappa shape index (κ2) is 62.5. The number of aryl methyl sites for hydroxylation is 4. The molecule has 131 heavy (non-hydrogen) atoms. The summed E-state index contributed by atoms with van der Waals surface area (Å²) in [6.07, 6.45) is -0.0792. The van der Waals surface area contributed by atoms with Crippen molar-refractivity contribution in [2.24, 2.45) is 41.4 Å². The fraction of sp³-hybridized carbons (Fsp3) is 0.667. The summed E-state index contributed by atoms with van der Waals surface area (Å²) < 4.78 is 90.2. The second-order valence-electron chi connectivity index (χ2n) is 32.5. The van der Waals surface area contributed by atoms with Gasteiger partial charge in [0.25, 0.3) is 0 Å². The summed E-state index contributed by atoms with van der Waals surface area (Å²) in [5.74, 6) is -19.0. The van der Waals surface area contributed by atoms with Crippen LogP contribution in [0.3, 0.4) is 0 Å². The van der Waals surface area contributed by atoms with Crippen LogP contribution in [0.25, 0.3) is 0 Å². The summed E-state index contributed by atoms with van der Waals surface area (Å²) in [5, 5.41) is 87.7. The number of hydrogen-bond acceptors (Lipinski definition) is 29. The monoisotopic (exact) mass is 1900 g/mol. The van der Waals surface area contributed by atoms with Gasteiger partial charge in [-0.2, -0.15) is 0 Å². The van der Waals surface area contributed by atoms with Crippen LogP contribution in [0.4, 0.5) is 9.59 Å². The number of carbonyl (C=O) groups is 13. The minimum absolute atomic E-state index is 0.00121. The molecule has 8 unspecified atom stereocenters. The van der Waals surface area contributed by atoms with E-state index < -0.39 is 163 Å². The zero-order valence-corrected chi connectivity index (χ0v) is 77.1. The van der Waals surface area contributed by atoms with E-state index in [1.54, 1.807) is 40.4 Å². The summed E-state index contributed by atoms with van der Waals surface area (Å²) in [5.41, 5.74) is 5.51. The SMILES string of the molecule is C=CS(=O)(=O)CCOC(=O)NCCOCCOCCNC(=O)C(CC(C)C(=O)NCCOCCOCCNC(=O)CN1CCN(CC(=O)O)CCN(CC(=O)O)CCN(CC(=O)O)CC1)CC(CC(CC(CC(C)C(=O)O)c1ccc2c(c1)CCc1ccc(C(CC(C)C(=O)O)CC(C)C(=O)O)cc1CC2)C(=O)O)C(=O)NCCOCCOCCNC(=O)OCCS(=O)(=O)C=C. The van der Waals surface area contributed by atoms with E-state index in [0.29, 0.717) is 31.2 Å². The van der Waals surface area contributed by atoms with Gasteiger partial charge in [0.2, 0.25) is 23.6 Å².